The average molecular weight is 334 g/mol. The highest BCUT2D eigenvalue weighted by Gasteiger charge is 2.34. The largest absolute Gasteiger partial charge is 0.344 e. The number of likely N-dealkylation sites (tertiary alicyclic amines) is 1. The number of aromatic amines is 1. The number of nitrogens with zero attached hydrogens (tertiary/aromatic N) is 2. The van der Waals surface area contributed by atoms with E-state index in [9.17, 15) is 18.4 Å². The van der Waals surface area contributed by atoms with Gasteiger partial charge in [-0.2, -0.15) is 5.10 Å². The molecule has 0 saturated carbocycles. The number of rotatable bonds is 3. The number of nitrogens with one attached hydrogen (secondary N) is 2. The Kier molecular flexibility index (Phi) is 4.04. The van der Waals surface area contributed by atoms with Gasteiger partial charge < -0.3 is 10.2 Å². The first-order valence-electron chi connectivity index (χ1n) is 7.42. The molecule has 6 nitrogen and oxygen atoms in total. The molecule has 0 radical (unpaired) electrons. The van der Waals surface area contributed by atoms with E-state index in [4.69, 9.17) is 0 Å². The van der Waals surface area contributed by atoms with Crippen LogP contribution in [-0.2, 0) is 0 Å². The molecule has 2 amide bonds. The summed E-state index contributed by atoms with van der Waals surface area (Å²) in [5, 5.41) is 9.16. The topological polar surface area (TPSA) is 78.1 Å². The van der Waals surface area contributed by atoms with Crippen molar-refractivity contribution in [1.29, 1.82) is 0 Å². The van der Waals surface area contributed by atoms with Gasteiger partial charge in [0, 0.05) is 19.2 Å². The normalized spacial score (nSPS) is 14.4. The van der Waals surface area contributed by atoms with E-state index in [1.165, 1.54) is 17.9 Å². The number of benzene rings is 1. The summed E-state index contributed by atoms with van der Waals surface area (Å²) in [6.45, 7) is 3.77. The van der Waals surface area contributed by atoms with Gasteiger partial charge in [-0.05, 0) is 31.0 Å². The van der Waals surface area contributed by atoms with Crippen molar-refractivity contribution in [2.45, 2.75) is 19.9 Å². The number of H-pyrrole nitrogens is 1. The van der Waals surface area contributed by atoms with Gasteiger partial charge in [-0.3, -0.25) is 14.7 Å². The van der Waals surface area contributed by atoms with Gasteiger partial charge in [-0.25, -0.2) is 8.78 Å². The molecule has 0 bridgehead atoms. The Morgan fingerprint density at radius 2 is 1.92 bits per heavy atom. The van der Waals surface area contributed by atoms with E-state index in [-0.39, 0.29) is 36.2 Å². The van der Waals surface area contributed by atoms with Gasteiger partial charge in [-0.15, -0.1) is 0 Å². The number of amides is 2. The molecule has 0 spiro atoms. The smallest absolute Gasteiger partial charge is 0.269 e. The minimum atomic E-state index is -0.885. The second-order valence-corrected chi connectivity index (χ2v) is 5.89. The molecule has 8 heteroatoms. The first-order valence-corrected chi connectivity index (χ1v) is 7.42. The Morgan fingerprint density at radius 3 is 2.54 bits per heavy atom. The summed E-state index contributed by atoms with van der Waals surface area (Å²) in [7, 11) is 0. The third-order valence-electron chi connectivity index (χ3n) is 4.04. The van der Waals surface area contributed by atoms with E-state index in [1.807, 2.05) is 0 Å². The second kappa shape index (κ2) is 6.03. The predicted molar refractivity (Wildman–Crippen MR) is 81.6 cm³/mol. The number of aryl methyl sites for hydroxylation is 2. The molecular weight excluding hydrogens is 318 g/mol. The molecule has 0 atom stereocenters. The van der Waals surface area contributed by atoms with Crippen LogP contribution in [-0.4, -0.2) is 46.0 Å². The summed E-state index contributed by atoms with van der Waals surface area (Å²) < 4.78 is 27.0. The van der Waals surface area contributed by atoms with E-state index in [2.05, 4.69) is 15.5 Å². The van der Waals surface area contributed by atoms with E-state index < -0.39 is 17.5 Å². The maximum absolute atomic E-state index is 13.8. The molecule has 1 saturated heterocycles. The zero-order chi connectivity index (χ0) is 17.4. The maximum atomic E-state index is 13.8. The summed E-state index contributed by atoms with van der Waals surface area (Å²) in [6.07, 6.45) is 1.55. The van der Waals surface area contributed by atoms with Crippen LogP contribution in [0.25, 0.3) is 0 Å². The Morgan fingerprint density at radius 1 is 1.21 bits per heavy atom. The van der Waals surface area contributed by atoms with Crippen LogP contribution in [0.3, 0.4) is 0 Å². The highest BCUT2D eigenvalue weighted by atomic mass is 19.1. The Bertz CT molecular complexity index is 812. The lowest BCUT2D eigenvalue weighted by Crippen LogP contribution is -2.61. The van der Waals surface area contributed by atoms with Gasteiger partial charge in [0.1, 0.15) is 17.3 Å². The van der Waals surface area contributed by atoms with Crippen molar-refractivity contribution in [3.63, 3.8) is 0 Å². The summed E-state index contributed by atoms with van der Waals surface area (Å²) >= 11 is 0. The van der Waals surface area contributed by atoms with E-state index in [1.54, 1.807) is 13.1 Å². The summed E-state index contributed by atoms with van der Waals surface area (Å²) in [4.78, 5) is 25.7. The molecule has 1 aliphatic rings. The Balaban J connectivity index is 1.60. The first kappa shape index (κ1) is 16.1. The fourth-order valence-corrected chi connectivity index (χ4v) is 2.56. The maximum Gasteiger partial charge on any atom is 0.269 e. The number of carbonyl (C=O) groups excluding carboxylic acids is 2. The van der Waals surface area contributed by atoms with E-state index >= 15 is 0 Å². The predicted octanol–water partition coefficient (Wildman–Crippen LogP) is 1.56. The van der Waals surface area contributed by atoms with Crippen molar-refractivity contribution in [3.05, 3.63) is 52.3 Å². The third-order valence-corrected chi connectivity index (χ3v) is 4.04. The highest BCUT2D eigenvalue weighted by molar-refractivity contribution is 5.96. The highest BCUT2D eigenvalue weighted by Crippen LogP contribution is 2.19. The van der Waals surface area contributed by atoms with Crippen LogP contribution in [0.4, 0.5) is 8.78 Å². The summed E-state index contributed by atoms with van der Waals surface area (Å²) in [6, 6.07) is 1.70. The van der Waals surface area contributed by atoms with Crippen LogP contribution < -0.4 is 5.32 Å². The van der Waals surface area contributed by atoms with Gasteiger partial charge in [0.05, 0.1) is 17.8 Å². The number of carbonyl (C=O) groups is 2. The minimum absolute atomic E-state index is 0.164. The van der Waals surface area contributed by atoms with Crippen molar-refractivity contribution in [3.8, 4) is 0 Å². The van der Waals surface area contributed by atoms with Crippen LogP contribution >= 0.6 is 0 Å². The number of aromatic nitrogens is 2. The van der Waals surface area contributed by atoms with Crippen molar-refractivity contribution >= 4 is 11.8 Å². The van der Waals surface area contributed by atoms with Gasteiger partial charge >= 0.3 is 0 Å². The first-order chi connectivity index (χ1) is 11.4. The number of hydrogen-bond donors (Lipinski definition) is 2. The second-order valence-electron chi connectivity index (χ2n) is 5.89. The molecular formula is C16H16F2N4O2. The van der Waals surface area contributed by atoms with Gasteiger partial charge in [0.2, 0.25) is 0 Å². The molecule has 126 valence electrons. The van der Waals surface area contributed by atoms with Crippen molar-refractivity contribution in [2.24, 2.45) is 0 Å². The van der Waals surface area contributed by atoms with Crippen molar-refractivity contribution in [1.82, 2.24) is 20.4 Å². The van der Waals surface area contributed by atoms with Crippen molar-refractivity contribution < 1.29 is 18.4 Å². The molecule has 1 aliphatic heterocycles. The quantitative estimate of drug-likeness (QED) is 0.894. The van der Waals surface area contributed by atoms with Gasteiger partial charge in [0.15, 0.2) is 0 Å². The standard InChI is InChI=1S/C16H16F2N4O2/c1-8-3-11(13(18)4-12(8)17)16(24)22-6-10(7-22)20-15(23)14-9(2)5-19-21-14/h3-5,10H,6-7H2,1-2H3,(H,19,21)(H,20,23). The average Bonchev–Trinajstić information content (AvgIpc) is 2.91. The minimum Gasteiger partial charge on any atom is -0.344 e. The van der Waals surface area contributed by atoms with Gasteiger partial charge in [0.25, 0.3) is 11.8 Å². The Hall–Kier alpha value is -2.77. The lowest BCUT2D eigenvalue weighted by Gasteiger charge is -2.39. The molecule has 1 fully saturated rings. The zero-order valence-electron chi connectivity index (χ0n) is 13.2. The molecule has 0 unspecified atom stereocenters. The van der Waals surface area contributed by atoms with Gasteiger partial charge in [-0.1, -0.05) is 0 Å². The molecule has 1 aromatic carbocycles. The van der Waals surface area contributed by atoms with Crippen LogP contribution in [0.5, 0.6) is 0 Å². The van der Waals surface area contributed by atoms with Crippen LogP contribution in [0, 0.1) is 25.5 Å². The third kappa shape index (κ3) is 2.86. The monoisotopic (exact) mass is 334 g/mol. The van der Waals surface area contributed by atoms with Crippen molar-refractivity contribution in [2.75, 3.05) is 13.1 Å². The fourth-order valence-electron chi connectivity index (χ4n) is 2.56. The van der Waals surface area contributed by atoms with Crippen LogP contribution in [0.15, 0.2) is 18.3 Å². The van der Waals surface area contributed by atoms with E-state index in [0.29, 0.717) is 11.8 Å². The summed E-state index contributed by atoms with van der Waals surface area (Å²) in [5.41, 5.74) is 1.14. The summed E-state index contributed by atoms with van der Waals surface area (Å²) in [5.74, 6) is -2.39. The fraction of sp³-hybridized carbons (Fsp3) is 0.312. The molecule has 3 rings (SSSR count). The molecule has 0 aliphatic carbocycles. The SMILES string of the molecule is Cc1cc(C(=O)N2CC(NC(=O)c3[nH]ncc3C)C2)c(F)cc1F. The molecule has 1 aromatic heterocycles. The molecule has 2 heterocycles. The zero-order valence-corrected chi connectivity index (χ0v) is 13.2. The van der Waals surface area contributed by atoms with Crippen LogP contribution in [0.2, 0.25) is 0 Å². The van der Waals surface area contributed by atoms with Crippen LogP contribution in [0.1, 0.15) is 32.0 Å². The molecule has 2 N–H and O–H groups in total. The number of halogens is 2. The molecule has 24 heavy (non-hydrogen) atoms. The lowest BCUT2D eigenvalue weighted by atomic mass is 10.0. The van der Waals surface area contributed by atoms with E-state index in [0.717, 1.165) is 5.56 Å². The number of hydrogen-bond acceptors (Lipinski definition) is 3. The molecule has 2 aromatic rings. The lowest BCUT2D eigenvalue weighted by molar-refractivity contribution is 0.0537. The Labute approximate surface area is 136 Å².